The van der Waals surface area contributed by atoms with Crippen molar-refractivity contribution in [2.24, 2.45) is 5.92 Å². The molecule has 0 radical (unpaired) electrons. The Morgan fingerprint density at radius 1 is 1.70 bits per heavy atom. The lowest BCUT2D eigenvalue weighted by atomic mass is 10.1. The van der Waals surface area contributed by atoms with E-state index >= 15 is 0 Å². The second-order valence-corrected chi connectivity index (χ2v) is 2.69. The Hall–Kier alpha value is -0.610. The molecule has 10 heavy (non-hydrogen) atoms. The highest BCUT2D eigenvalue weighted by Crippen LogP contribution is 2.18. The molecule has 0 spiro atoms. The van der Waals surface area contributed by atoms with Crippen molar-refractivity contribution in [2.75, 3.05) is 0 Å². The van der Waals surface area contributed by atoms with Crippen LogP contribution in [0.1, 0.15) is 13.3 Å². The first kappa shape index (κ1) is 7.50. The molecule has 3 N–H and O–H groups in total. The molecule has 2 unspecified atom stereocenters. The molecule has 0 amide bonds. The maximum Gasteiger partial charge on any atom is 0.310 e. The van der Waals surface area contributed by atoms with Crippen molar-refractivity contribution in [3.05, 3.63) is 0 Å². The smallest absolute Gasteiger partial charge is 0.310 e. The molecule has 0 saturated carbocycles. The van der Waals surface area contributed by atoms with Gasteiger partial charge in [0.05, 0.1) is 5.92 Å². The molecule has 58 valence electrons. The first-order valence-corrected chi connectivity index (χ1v) is 3.28. The van der Waals surface area contributed by atoms with Gasteiger partial charge in [-0.25, -0.2) is 0 Å². The molecule has 0 aromatic carbocycles. The van der Waals surface area contributed by atoms with Crippen molar-refractivity contribution in [3.63, 3.8) is 0 Å². The number of rotatable bonds is 1. The monoisotopic (exact) mass is 145 g/mol. The van der Waals surface area contributed by atoms with E-state index in [4.69, 9.17) is 10.2 Å². The van der Waals surface area contributed by atoms with E-state index in [1.54, 1.807) is 0 Å². The highest BCUT2D eigenvalue weighted by molar-refractivity contribution is 5.71. The minimum Gasteiger partial charge on any atom is -0.481 e. The zero-order chi connectivity index (χ0) is 7.72. The van der Waals surface area contributed by atoms with Gasteiger partial charge in [0.25, 0.3) is 0 Å². The number of nitrogens with one attached hydrogen (secondary N) is 1. The molecule has 0 aliphatic carbocycles. The molecule has 1 saturated heterocycles. The molecule has 1 heterocycles. The molecule has 0 bridgehead atoms. The van der Waals surface area contributed by atoms with Crippen molar-refractivity contribution in [3.8, 4) is 0 Å². The topological polar surface area (TPSA) is 69.6 Å². The lowest BCUT2D eigenvalue weighted by molar-refractivity contribution is -0.144. The Bertz CT molecular complexity index is 148. The van der Waals surface area contributed by atoms with Crippen molar-refractivity contribution >= 4 is 5.97 Å². The molecule has 1 rings (SSSR count). The average molecular weight is 145 g/mol. The molecular weight excluding hydrogens is 134 g/mol. The van der Waals surface area contributed by atoms with Crippen LogP contribution < -0.4 is 5.32 Å². The summed E-state index contributed by atoms with van der Waals surface area (Å²) < 4.78 is 0. The van der Waals surface area contributed by atoms with E-state index in [2.05, 4.69) is 5.32 Å². The molecule has 0 aromatic heterocycles. The van der Waals surface area contributed by atoms with Crippen LogP contribution >= 0.6 is 0 Å². The van der Waals surface area contributed by atoms with Gasteiger partial charge in [0, 0.05) is 6.04 Å². The van der Waals surface area contributed by atoms with Gasteiger partial charge in [-0.15, -0.1) is 0 Å². The summed E-state index contributed by atoms with van der Waals surface area (Å²) in [6.45, 7) is 1.85. The van der Waals surface area contributed by atoms with E-state index in [9.17, 15) is 4.79 Å². The minimum atomic E-state index is -0.927. The van der Waals surface area contributed by atoms with Gasteiger partial charge in [0.1, 0.15) is 6.23 Å². The van der Waals surface area contributed by atoms with Crippen LogP contribution in [0.2, 0.25) is 0 Å². The van der Waals surface area contributed by atoms with E-state index in [1.165, 1.54) is 0 Å². The third-order valence-electron chi connectivity index (χ3n) is 1.76. The molecule has 1 aliphatic rings. The third kappa shape index (κ3) is 1.27. The lowest BCUT2D eigenvalue weighted by Gasteiger charge is -2.06. The van der Waals surface area contributed by atoms with Crippen LogP contribution in [0.15, 0.2) is 0 Å². The molecular formula is C6H11NO3. The zero-order valence-electron chi connectivity index (χ0n) is 5.74. The van der Waals surface area contributed by atoms with Crippen LogP contribution in [0.3, 0.4) is 0 Å². The molecule has 4 nitrogen and oxygen atoms in total. The first-order valence-electron chi connectivity index (χ1n) is 3.28. The van der Waals surface area contributed by atoms with E-state index in [0.717, 1.165) is 0 Å². The maximum atomic E-state index is 10.4. The Balaban J connectivity index is 2.54. The van der Waals surface area contributed by atoms with Gasteiger partial charge in [-0.05, 0) is 13.3 Å². The van der Waals surface area contributed by atoms with Gasteiger partial charge >= 0.3 is 5.97 Å². The SMILES string of the molecule is C[C@@H]1CC(C(=O)O)C(O)N1. The number of aliphatic carboxylic acids is 1. The van der Waals surface area contributed by atoms with Crippen LogP contribution in [0.4, 0.5) is 0 Å². The minimum absolute atomic E-state index is 0.107. The van der Waals surface area contributed by atoms with Gasteiger partial charge in [0.15, 0.2) is 0 Å². The highest BCUT2D eigenvalue weighted by Gasteiger charge is 2.34. The summed E-state index contributed by atoms with van der Waals surface area (Å²) in [6.07, 6.45) is -0.358. The second kappa shape index (κ2) is 2.56. The Labute approximate surface area is 58.9 Å². The fourth-order valence-corrected chi connectivity index (χ4v) is 1.22. The number of aliphatic hydroxyl groups excluding tert-OH is 1. The largest absolute Gasteiger partial charge is 0.481 e. The molecule has 3 atom stereocenters. The summed E-state index contributed by atoms with van der Waals surface area (Å²) in [5, 5.41) is 20.3. The quantitative estimate of drug-likeness (QED) is 0.460. The lowest BCUT2D eigenvalue weighted by Crippen LogP contribution is -2.32. The van der Waals surface area contributed by atoms with E-state index in [0.29, 0.717) is 6.42 Å². The fraction of sp³-hybridized carbons (Fsp3) is 0.833. The van der Waals surface area contributed by atoms with Crippen molar-refractivity contribution in [2.45, 2.75) is 25.6 Å². The normalized spacial score (nSPS) is 40.0. The Kier molecular flexibility index (Phi) is 1.92. The Morgan fingerprint density at radius 2 is 2.30 bits per heavy atom. The summed E-state index contributed by atoms with van der Waals surface area (Å²) in [7, 11) is 0. The third-order valence-corrected chi connectivity index (χ3v) is 1.76. The molecule has 0 aromatic rings. The number of aliphatic hydroxyl groups is 1. The average Bonchev–Trinajstić information content (AvgIpc) is 2.10. The summed E-state index contributed by atoms with van der Waals surface area (Å²) in [5.74, 6) is -1.56. The van der Waals surface area contributed by atoms with Gasteiger partial charge in [0.2, 0.25) is 0 Å². The summed E-state index contributed by atoms with van der Waals surface area (Å²) in [4.78, 5) is 10.4. The fourth-order valence-electron chi connectivity index (χ4n) is 1.22. The van der Waals surface area contributed by atoms with Crippen LogP contribution in [-0.4, -0.2) is 28.5 Å². The summed E-state index contributed by atoms with van der Waals surface area (Å²) >= 11 is 0. The Morgan fingerprint density at radius 3 is 2.50 bits per heavy atom. The summed E-state index contributed by atoms with van der Waals surface area (Å²) in [5.41, 5.74) is 0. The number of hydrogen-bond donors (Lipinski definition) is 3. The van der Waals surface area contributed by atoms with Crippen molar-refractivity contribution < 1.29 is 15.0 Å². The number of carboxylic acid groups (broad SMARTS) is 1. The van der Waals surface area contributed by atoms with Crippen LogP contribution in [-0.2, 0) is 4.79 Å². The van der Waals surface area contributed by atoms with E-state index < -0.39 is 18.1 Å². The first-order chi connectivity index (χ1) is 4.61. The van der Waals surface area contributed by atoms with Crippen LogP contribution in [0, 0.1) is 5.92 Å². The summed E-state index contributed by atoms with van der Waals surface area (Å²) in [6, 6.07) is 0.107. The molecule has 4 heteroatoms. The number of carbonyl (C=O) groups is 1. The van der Waals surface area contributed by atoms with Crippen molar-refractivity contribution in [1.29, 1.82) is 0 Å². The van der Waals surface area contributed by atoms with Gasteiger partial charge in [-0.2, -0.15) is 0 Å². The number of carboxylic acids is 1. The van der Waals surface area contributed by atoms with Crippen LogP contribution in [0.5, 0.6) is 0 Å². The predicted molar refractivity (Wildman–Crippen MR) is 34.3 cm³/mol. The molecule has 1 aliphatic heterocycles. The van der Waals surface area contributed by atoms with Crippen molar-refractivity contribution in [1.82, 2.24) is 5.32 Å². The second-order valence-electron chi connectivity index (χ2n) is 2.69. The molecule has 1 fully saturated rings. The van der Waals surface area contributed by atoms with E-state index in [1.807, 2.05) is 6.92 Å². The predicted octanol–water partition coefficient (Wildman–Crippen LogP) is -0.613. The zero-order valence-corrected chi connectivity index (χ0v) is 5.74. The van der Waals surface area contributed by atoms with Gasteiger partial charge in [-0.3, -0.25) is 10.1 Å². The number of hydrogen-bond acceptors (Lipinski definition) is 3. The van der Waals surface area contributed by atoms with Crippen LogP contribution in [0.25, 0.3) is 0 Å². The maximum absolute atomic E-state index is 10.4. The van der Waals surface area contributed by atoms with Gasteiger partial charge < -0.3 is 10.2 Å². The standard InChI is InChI=1S/C6H11NO3/c1-3-2-4(6(9)10)5(8)7-3/h3-5,7-8H,2H2,1H3,(H,9,10)/t3-,4?,5?/m1/s1. The highest BCUT2D eigenvalue weighted by atomic mass is 16.4. The van der Waals surface area contributed by atoms with Gasteiger partial charge in [-0.1, -0.05) is 0 Å². The van der Waals surface area contributed by atoms with E-state index in [-0.39, 0.29) is 6.04 Å².